The highest BCUT2D eigenvalue weighted by Gasteiger charge is 2.60. The van der Waals surface area contributed by atoms with Gasteiger partial charge in [-0.3, -0.25) is 0 Å². The standard InChI is InChI=1S/C40H50O8SSi/c1-8-18-29-37(49-26-19-12-9-13-20-26)31(33(42)34-35(43-7)36-38(46-34)48-40(5,6)47-36)32(41)30(45-29)25-44-50(39(2,3)4,27-21-14-10-15-22-27)28-23-16-11-17-24-28/h9-24,29-38,41-42H,1,25H2,2-7H3/t29-,30-,31+,32+,33-,34-,35+,36-,37-,38-/m1/s1. The van der Waals surface area contributed by atoms with E-state index in [-0.39, 0.29) is 11.6 Å². The van der Waals surface area contributed by atoms with E-state index in [1.807, 2.05) is 80.6 Å². The van der Waals surface area contributed by atoms with E-state index in [9.17, 15) is 10.2 Å². The molecule has 0 aromatic heterocycles. The molecule has 0 radical (unpaired) electrons. The van der Waals surface area contributed by atoms with Crippen molar-refractivity contribution >= 4 is 30.5 Å². The summed E-state index contributed by atoms with van der Waals surface area (Å²) >= 11 is 1.53. The van der Waals surface area contributed by atoms with Crippen LogP contribution in [0, 0.1) is 5.92 Å². The minimum atomic E-state index is -2.98. The number of thioether (sulfide) groups is 1. The Kier molecular flexibility index (Phi) is 11.3. The molecule has 268 valence electrons. The van der Waals surface area contributed by atoms with E-state index >= 15 is 0 Å². The molecule has 2 N–H and O–H groups in total. The highest BCUT2D eigenvalue weighted by atomic mass is 32.2. The first-order valence-electron chi connectivity index (χ1n) is 17.3. The average Bonchev–Trinajstić information content (AvgIpc) is 3.58. The second-order valence-electron chi connectivity index (χ2n) is 14.7. The third kappa shape index (κ3) is 7.22. The van der Waals surface area contributed by atoms with Gasteiger partial charge in [-0.05, 0) is 47.5 Å². The van der Waals surface area contributed by atoms with Crippen LogP contribution in [0.15, 0.2) is 114 Å². The van der Waals surface area contributed by atoms with Gasteiger partial charge in [0, 0.05) is 23.2 Å². The van der Waals surface area contributed by atoms with Crippen LogP contribution in [0.5, 0.6) is 0 Å². The number of aliphatic hydroxyl groups excluding tert-OH is 2. The average molecular weight is 719 g/mol. The van der Waals surface area contributed by atoms with E-state index in [1.165, 1.54) is 11.8 Å². The number of benzene rings is 3. The summed E-state index contributed by atoms with van der Waals surface area (Å²) in [6, 6.07) is 30.6. The van der Waals surface area contributed by atoms with Crippen molar-refractivity contribution in [3.8, 4) is 0 Å². The Balaban J connectivity index is 1.37. The van der Waals surface area contributed by atoms with Gasteiger partial charge in [0.15, 0.2) is 12.1 Å². The lowest BCUT2D eigenvalue weighted by molar-refractivity contribution is -0.240. The van der Waals surface area contributed by atoms with Crippen molar-refractivity contribution in [3.05, 3.63) is 109 Å². The van der Waals surface area contributed by atoms with Gasteiger partial charge < -0.3 is 38.3 Å². The maximum atomic E-state index is 12.4. The molecule has 0 unspecified atom stereocenters. The Hall–Kier alpha value is -2.57. The SMILES string of the molecule is C=C=C[C@H]1O[C@H](CO[Si](c2ccccc2)(c2ccccc2)C(C)(C)C)[C@H](O)[C@@H]([C@@H](O)[C@H]2O[C@@H]3OC(C)(C)O[C@@H]3[C@H]2OC)[C@@H]1Sc1ccccc1. The zero-order valence-corrected chi connectivity index (χ0v) is 31.5. The lowest BCUT2D eigenvalue weighted by Gasteiger charge is -2.49. The molecule has 10 atom stereocenters. The van der Waals surface area contributed by atoms with Crippen molar-refractivity contribution in [1.29, 1.82) is 0 Å². The van der Waals surface area contributed by atoms with Crippen LogP contribution < -0.4 is 10.4 Å². The van der Waals surface area contributed by atoms with Crippen molar-refractivity contribution in [2.24, 2.45) is 5.92 Å². The molecular formula is C40H50O8SSi. The molecule has 3 heterocycles. The van der Waals surface area contributed by atoms with E-state index in [0.29, 0.717) is 0 Å². The summed E-state index contributed by atoms with van der Waals surface area (Å²) in [6.45, 7) is 14.2. The van der Waals surface area contributed by atoms with Crippen LogP contribution >= 0.6 is 11.8 Å². The highest BCUT2D eigenvalue weighted by molar-refractivity contribution is 8.00. The fourth-order valence-electron chi connectivity index (χ4n) is 7.84. The Morgan fingerprint density at radius 3 is 2.06 bits per heavy atom. The van der Waals surface area contributed by atoms with Gasteiger partial charge in [-0.2, -0.15) is 0 Å². The largest absolute Gasteiger partial charge is 0.405 e. The van der Waals surface area contributed by atoms with Crippen LogP contribution in [0.4, 0.5) is 0 Å². The van der Waals surface area contributed by atoms with Crippen molar-refractivity contribution in [2.75, 3.05) is 13.7 Å². The molecular weight excluding hydrogens is 669 g/mol. The van der Waals surface area contributed by atoms with Crippen LogP contribution in [0.3, 0.4) is 0 Å². The molecule has 6 rings (SSSR count). The minimum Gasteiger partial charge on any atom is -0.405 e. The summed E-state index contributed by atoms with van der Waals surface area (Å²) in [6.07, 6.45) is -4.64. The lowest BCUT2D eigenvalue weighted by atomic mass is 9.80. The molecule has 0 bridgehead atoms. The summed E-state index contributed by atoms with van der Waals surface area (Å²) in [4.78, 5) is 0.968. The molecule has 8 nitrogen and oxygen atoms in total. The molecule has 3 fully saturated rings. The van der Waals surface area contributed by atoms with Gasteiger partial charge in [-0.15, -0.1) is 17.5 Å². The lowest BCUT2D eigenvalue weighted by Crippen LogP contribution is -2.68. The summed E-state index contributed by atoms with van der Waals surface area (Å²) in [5.74, 6) is -1.60. The number of methoxy groups -OCH3 is 1. The Bertz CT molecular complexity index is 1560. The van der Waals surface area contributed by atoms with Gasteiger partial charge in [0.05, 0.1) is 24.9 Å². The first-order valence-corrected chi connectivity index (χ1v) is 20.1. The molecule has 0 spiro atoms. The second kappa shape index (κ2) is 15.2. The molecule has 10 heteroatoms. The van der Waals surface area contributed by atoms with Crippen LogP contribution in [0.25, 0.3) is 0 Å². The van der Waals surface area contributed by atoms with E-state index in [4.69, 9.17) is 28.1 Å². The number of hydrogen-bond acceptors (Lipinski definition) is 9. The third-order valence-electron chi connectivity index (χ3n) is 10.0. The molecule has 3 saturated heterocycles. The minimum absolute atomic E-state index is 0.0900. The number of aliphatic hydroxyl groups is 2. The Morgan fingerprint density at radius 2 is 1.52 bits per heavy atom. The molecule has 3 aromatic rings. The van der Waals surface area contributed by atoms with Gasteiger partial charge >= 0.3 is 0 Å². The monoisotopic (exact) mass is 718 g/mol. The highest BCUT2D eigenvalue weighted by Crippen LogP contribution is 2.46. The molecule has 50 heavy (non-hydrogen) atoms. The van der Waals surface area contributed by atoms with Crippen LogP contribution in [-0.4, -0.2) is 92.3 Å². The smallest absolute Gasteiger partial charge is 0.261 e. The molecule has 3 aromatic carbocycles. The molecule has 0 aliphatic carbocycles. The number of rotatable bonds is 11. The van der Waals surface area contributed by atoms with E-state index in [1.54, 1.807) is 13.2 Å². The number of hydrogen-bond donors (Lipinski definition) is 2. The van der Waals surface area contributed by atoms with Gasteiger partial charge in [-0.1, -0.05) is 106 Å². The first kappa shape index (κ1) is 37.2. The zero-order valence-electron chi connectivity index (χ0n) is 29.7. The fraction of sp³-hybridized carbons (Fsp3) is 0.475. The summed E-state index contributed by atoms with van der Waals surface area (Å²) < 4.78 is 38.4. The molecule has 3 aliphatic rings. The summed E-state index contributed by atoms with van der Waals surface area (Å²) in [5, 5.41) is 26.3. The maximum absolute atomic E-state index is 12.4. The van der Waals surface area contributed by atoms with Gasteiger partial charge in [0.25, 0.3) is 8.32 Å². The van der Waals surface area contributed by atoms with E-state index < -0.39 is 74.3 Å². The fourth-order valence-corrected chi connectivity index (χ4v) is 13.8. The topological polar surface area (TPSA) is 95.8 Å². The second-order valence-corrected chi connectivity index (χ2v) is 20.3. The van der Waals surface area contributed by atoms with E-state index in [0.717, 1.165) is 15.3 Å². The first-order chi connectivity index (χ1) is 23.9. The zero-order chi connectivity index (χ0) is 35.7. The van der Waals surface area contributed by atoms with Gasteiger partial charge in [-0.25, -0.2) is 0 Å². The van der Waals surface area contributed by atoms with Crippen LogP contribution in [0.1, 0.15) is 34.6 Å². The molecule has 0 amide bonds. The Labute approximate surface area is 301 Å². The summed E-state index contributed by atoms with van der Waals surface area (Å²) in [5.41, 5.74) is 2.92. The van der Waals surface area contributed by atoms with Crippen molar-refractivity contribution in [2.45, 2.75) is 105 Å². The number of ether oxygens (including phenoxy) is 5. The predicted molar refractivity (Wildman–Crippen MR) is 197 cm³/mol. The van der Waals surface area contributed by atoms with Gasteiger partial charge in [0.2, 0.25) is 0 Å². The normalized spacial score (nSPS) is 31.5. The summed E-state index contributed by atoms with van der Waals surface area (Å²) in [7, 11) is -1.40. The Morgan fingerprint density at radius 1 is 0.940 bits per heavy atom. The maximum Gasteiger partial charge on any atom is 0.261 e. The molecule has 3 aliphatic heterocycles. The number of fused-ring (bicyclic) bond motifs is 1. The quantitative estimate of drug-likeness (QED) is 0.209. The van der Waals surface area contributed by atoms with Gasteiger partial charge in [0.1, 0.15) is 24.4 Å². The van der Waals surface area contributed by atoms with Crippen molar-refractivity contribution < 1.29 is 38.3 Å². The van der Waals surface area contributed by atoms with Crippen LogP contribution in [0.2, 0.25) is 5.04 Å². The van der Waals surface area contributed by atoms with Crippen molar-refractivity contribution in [3.63, 3.8) is 0 Å². The molecule has 0 saturated carbocycles. The van der Waals surface area contributed by atoms with E-state index in [2.05, 4.69) is 57.3 Å². The third-order valence-corrected chi connectivity index (χ3v) is 16.4. The van der Waals surface area contributed by atoms with Crippen molar-refractivity contribution in [1.82, 2.24) is 0 Å². The predicted octanol–water partition coefficient (Wildman–Crippen LogP) is 5.06. The van der Waals surface area contributed by atoms with Crippen LogP contribution in [-0.2, 0) is 28.1 Å².